The first-order valence-electron chi connectivity index (χ1n) is 5.09. The monoisotopic (exact) mass is 242 g/mol. The molecule has 1 atom stereocenters. The van der Waals surface area contributed by atoms with Crippen molar-refractivity contribution in [3.63, 3.8) is 0 Å². The van der Waals surface area contributed by atoms with Crippen molar-refractivity contribution in [2.24, 2.45) is 0 Å². The molecule has 0 fully saturated rings. The number of hydrogen-bond donors (Lipinski definition) is 6. The van der Waals surface area contributed by atoms with Crippen LogP contribution in [0, 0.1) is 0 Å². The summed E-state index contributed by atoms with van der Waals surface area (Å²) in [6.45, 7) is 4.53. The van der Waals surface area contributed by atoms with Crippen LogP contribution in [0.2, 0.25) is 0 Å². The van der Waals surface area contributed by atoms with Crippen LogP contribution in [-0.4, -0.2) is 68.8 Å². The third-order valence-electron chi connectivity index (χ3n) is 0.995. The van der Waals surface area contributed by atoms with E-state index in [9.17, 15) is 0 Å². The number of hydrogen-bond acceptors (Lipinski definition) is 6. The van der Waals surface area contributed by atoms with Gasteiger partial charge in [-0.15, -0.1) is 0 Å². The molecule has 0 aliphatic heterocycles. The van der Waals surface area contributed by atoms with Gasteiger partial charge in [-0.3, -0.25) is 0 Å². The maximum Gasteiger partial charge on any atom is 0.0662 e. The lowest BCUT2D eigenvalue weighted by molar-refractivity contribution is 0.0249. The fourth-order valence-electron chi connectivity index (χ4n) is 0.723. The summed E-state index contributed by atoms with van der Waals surface area (Å²) in [6, 6.07) is 0. The Hall–Kier alpha value is -0.240. The topological polar surface area (TPSA) is 121 Å². The standard InChI is InChI=1S/C6H14O2.2C2H6O2/c1-5(7)4-6(2,3)8;2*3-1-2-4/h5,7-8H,4H2,1-3H3;2*3-4H,1-2H2. The van der Waals surface area contributed by atoms with Gasteiger partial charge in [0.1, 0.15) is 0 Å². The minimum absolute atomic E-state index is 0.125. The van der Waals surface area contributed by atoms with Crippen LogP contribution in [0.3, 0.4) is 0 Å². The van der Waals surface area contributed by atoms with E-state index in [1.165, 1.54) is 0 Å². The molecule has 0 spiro atoms. The van der Waals surface area contributed by atoms with Crippen molar-refractivity contribution in [2.75, 3.05) is 26.4 Å². The Morgan fingerprint density at radius 1 is 0.875 bits per heavy atom. The van der Waals surface area contributed by atoms with Gasteiger partial charge >= 0.3 is 0 Å². The van der Waals surface area contributed by atoms with Gasteiger partial charge in [-0.05, 0) is 20.8 Å². The SMILES string of the molecule is CC(O)CC(C)(C)O.OCCO.OCCO. The van der Waals surface area contributed by atoms with Crippen molar-refractivity contribution in [1.29, 1.82) is 0 Å². The number of aliphatic hydroxyl groups excluding tert-OH is 5. The molecule has 0 saturated carbocycles. The lowest BCUT2D eigenvalue weighted by Gasteiger charge is -2.17. The summed E-state index contributed by atoms with van der Waals surface area (Å²) in [5, 5.41) is 48.3. The highest BCUT2D eigenvalue weighted by Crippen LogP contribution is 2.09. The fraction of sp³-hybridized carbons (Fsp3) is 1.00. The molecule has 0 saturated heterocycles. The van der Waals surface area contributed by atoms with Crippen LogP contribution in [0.4, 0.5) is 0 Å². The van der Waals surface area contributed by atoms with Crippen LogP contribution in [0.1, 0.15) is 27.2 Å². The first kappa shape index (κ1) is 21.1. The Morgan fingerprint density at radius 2 is 1.12 bits per heavy atom. The third kappa shape index (κ3) is 49.0. The van der Waals surface area contributed by atoms with Crippen molar-refractivity contribution in [1.82, 2.24) is 0 Å². The predicted molar refractivity (Wildman–Crippen MR) is 60.9 cm³/mol. The fourth-order valence-corrected chi connectivity index (χ4v) is 0.723. The Kier molecular flexibility index (Phi) is 19.5. The second-order valence-corrected chi connectivity index (χ2v) is 3.76. The van der Waals surface area contributed by atoms with Gasteiger partial charge in [0, 0.05) is 6.42 Å². The van der Waals surface area contributed by atoms with Crippen LogP contribution >= 0.6 is 0 Å². The van der Waals surface area contributed by atoms with Crippen LogP contribution in [-0.2, 0) is 0 Å². The van der Waals surface area contributed by atoms with Crippen LogP contribution in [0.25, 0.3) is 0 Å². The van der Waals surface area contributed by atoms with Gasteiger partial charge in [-0.2, -0.15) is 0 Å². The lowest BCUT2D eigenvalue weighted by Crippen LogP contribution is -2.24. The molecule has 0 aromatic carbocycles. The summed E-state index contributed by atoms with van der Waals surface area (Å²) in [5.41, 5.74) is -0.728. The molecule has 0 aliphatic rings. The van der Waals surface area contributed by atoms with E-state index < -0.39 is 11.7 Å². The van der Waals surface area contributed by atoms with Crippen molar-refractivity contribution < 1.29 is 30.6 Å². The highest BCUT2D eigenvalue weighted by atomic mass is 16.3. The molecular weight excluding hydrogens is 216 g/mol. The van der Waals surface area contributed by atoms with Gasteiger partial charge in [-0.25, -0.2) is 0 Å². The van der Waals surface area contributed by atoms with E-state index in [0.29, 0.717) is 6.42 Å². The normalized spacial score (nSPS) is 11.8. The third-order valence-corrected chi connectivity index (χ3v) is 0.995. The summed E-state index contributed by atoms with van der Waals surface area (Å²) in [4.78, 5) is 0. The van der Waals surface area contributed by atoms with Crippen LogP contribution in [0.15, 0.2) is 0 Å². The molecule has 1 unspecified atom stereocenters. The highest BCUT2D eigenvalue weighted by molar-refractivity contribution is 4.67. The minimum Gasteiger partial charge on any atom is -0.394 e. The average Bonchev–Trinajstić information content (AvgIpc) is 2.15. The van der Waals surface area contributed by atoms with Gasteiger partial charge in [0.2, 0.25) is 0 Å². The van der Waals surface area contributed by atoms with Crippen LogP contribution in [0.5, 0.6) is 0 Å². The summed E-state index contributed by atoms with van der Waals surface area (Å²) < 4.78 is 0. The van der Waals surface area contributed by atoms with Crippen molar-refractivity contribution in [3.8, 4) is 0 Å². The Labute approximate surface area is 96.8 Å². The smallest absolute Gasteiger partial charge is 0.0662 e. The quantitative estimate of drug-likeness (QED) is 0.356. The maximum absolute atomic E-state index is 9.03. The summed E-state index contributed by atoms with van der Waals surface area (Å²) in [6.07, 6.45) is 0.0301. The largest absolute Gasteiger partial charge is 0.394 e. The lowest BCUT2D eigenvalue weighted by atomic mass is 10.0. The molecule has 0 radical (unpaired) electrons. The van der Waals surface area contributed by atoms with Gasteiger partial charge in [0.15, 0.2) is 0 Å². The van der Waals surface area contributed by atoms with Gasteiger partial charge in [0.25, 0.3) is 0 Å². The summed E-state index contributed by atoms with van der Waals surface area (Å²) >= 11 is 0. The number of rotatable bonds is 4. The van der Waals surface area contributed by atoms with E-state index in [4.69, 9.17) is 30.6 Å². The van der Waals surface area contributed by atoms with E-state index >= 15 is 0 Å². The van der Waals surface area contributed by atoms with Crippen LogP contribution < -0.4 is 0 Å². The average molecular weight is 242 g/mol. The van der Waals surface area contributed by atoms with Gasteiger partial charge in [-0.1, -0.05) is 0 Å². The zero-order valence-electron chi connectivity index (χ0n) is 10.3. The second-order valence-electron chi connectivity index (χ2n) is 3.76. The number of aliphatic hydroxyl groups is 6. The van der Waals surface area contributed by atoms with Crippen molar-refractivity contribution in [2.45, 2.75) is 38.9 Å². The van der Waals surface area contributed by atoms with Gasteiger partial charge in [0.05, 0.1) is 38.1 Å². The molecule has 6 nitrogen and oxygen atoms in total. The molecule has 0 rings (SSSR count). The van der Waals surface area contributed by atoms with Crippen molar-refractivity contribution in [3.05, 3.63) is 0 Å². The molecule has 0 heterocycles. The van der Waals surface area contributed by atoms with E-state index in [-0.39, 0.29) is 26.4 Å². The molecule has 6 N–H and O–H groups in total. The molecule has 0 aliphatic carbocycles. The van der Waals surface area contributed by atoms with E-state index in [0.717, 1.165) is 0 Å². The zero-order valence-corrected chi connectivity index (χ0v) is 10.3. The molecule has 102 valence electrons. The highest BCUT2D eigenvalue weighted by Gasteiger charge is 2.14. The maximum atomic E-state index is 9.03. The van der Waals surface area contributed by atoms with Crippen molar-refractivity contribution >= 4 is 0 Å². The molecule has 0 bridgehead atoms. The predicted octanol–water partition coefficient (Wildman–Crippen LogP) is -1.53. The van der Waals surface area contributed by atoms with Gasteiger partial charge < -0.3 is 30.6 Å². The second kappa shape index (κ2) is 14.8. The van der Waals surface area contributed by atoms with E-state index in [2.05, 4.69) is 0 Å². The molecule has 0 aromatic heterocycles. The minimum atomic E-state index is -0.728. The Bertz CT molecular complexity index is 102. The molecule has 0 amide bonds. The molecule has 16 heavy (non-hydrogen) atoms. The summed E-state index contributed by atoms with van der Waals surface area (Å²) in [7, 11) is 0. The molecular formula is C10H26O6. The summed E-state index contributed by atoms with van der Waals surface area (Å²) in [5.74, 6) is 0. The van der Waals surface area contributed by atoms with E-state index in [1.807, 2.05) is 0 Å². The van der Waals surface area contributed by atoms with E-state index in [1.54, 1.807) is 20.8 Å². The Balaban J connectivity index is -0.000000179. The molecule has 0 aromatic rings. The molecule has 6 heteroatoms. The zero-order chi connectivity index (χ0) is 13.6. The first-order valence-corrected chi connectivity index (χ1v) is 5.09. The first-order chi connectivity index (χ1) is 7.24. The Morgan fingerprint density at radius 3 is 1.12 bits per heavy atom.